The van der Waals surface area contributed by atoms with Gasteiger partial charge in [-0.2, -0.15) is 0 Å². The molecule has 7 nitrogen and oxygen atoms in total. The van der Waals surface area contributed by atoms with Gasteiger partial charge in [0.05, 0.1) is 11.0 Å². The van der Waals surface area contributed by atoms with Crippen LogP contribution in [-0.2, 0) is 21.3 Å². The lowest BCUT2D eigenvalue weighted by molar-refractivity contribution is 0.114. The first-order chi connectivity index (χ1) is 12.1. The van der Waals surface area contributed by atoms with Crippen molar-refractivity contribution in [2.75, 3.05) is 20.2 Å². The van der Waals surface area contributed by atoms with E-state index in [0.29, 0.717) is 25.7 Å². The Kier molecular flexibility index (Phi) is 8.11. The number of hydrogen-bond donors (Lipinski definition) is 3. The third-order valence-electron chi connectivity index (χ3n) is 4.36. The molecule has 0 bridgehead atoms. The lowest BCUT2D eigenvalue weighted by atomic mass is 10.2. The van der Waals surface area contributed by atoms with Crippen molar-refractivity contribution >= 4 is 40.0 Å². The maximum atomic E-state index is 12.3. The summed E-state index contributed by atoms with van der Waals surface area (Å²) in [5.41, 5.74) is 0.997. The second-order valence-electron chi connectivity index (χ2n) is 6.48. The number of guanidine groups is 1. The Morgan fingerprint density at radius 1 is 1.23 bits per heavy atom. The fraction of sp³-hybridized carbons (Fsp3) is 0.588. The van der Waals surface area contributed by atoms with Gasteiger partial charge in [-0.3, -0.25) is 4.99 Å². The predicted octanol–water partition coefficient (Wildman–Crippen LogP) is 1.59. The molecule has 1 atom stereocenters. The molecule has 9 heteroatoms. The average Bonchev–Trinajstić information content (AvgIpc) is 3.28. The van der Waals surface area contributed by atoms with E-state index in [1.807, 2.05) is 12.1 Å². The van der Waals surface area contributed by atoms with Crippen LogP contribution in [0.15, 0.2) is 34.2 Å². The van der Waals surface area contributed by atoms with Gasteiger partial charge in [-0.15, -0.1) is 24.0 Å². The van der Waals surface area contributed by atoms with E-state index in [1.54, 1.807) is 19.2 Å². The van der Waals surface area contributed by atoms with Gasteiger partial charge in [0, 0.05) is 32.8 Å². The highest BCUT2D eigenvalue weighted by Gasteiger charge is 2.22. The molecule has 0 spiro atoms. The Labute approximate surface area is 172 Å². The summed E-state index contributed by atoms with van der Waals surface area (Å²) in [7, 11) is -1.75. The minimum atomic E-state index is -3.49. The maximum Gasteiger partial charge on any atom is 0.240 e. The molecule has 1 saturated heterocycles. The number of hydrogen-bond acceptors (Lipinski definition) is 4. The van der Waals surface area contributed by atoms with Crippen LogP contribution in [-0.4, -0.2) is 46.7 Å². The second kappa shape index (κ2) is 9.86. The molecule has 2 aliphatic rings. The SMILES string of the molecule is CN=C(NCc1ccc(S(=O)(=O)NCC2CCCO2)cc1)NC1CC1.I. The molecule has 26 heavy (non-hydrogen) atoms. The summed E-state index contributed by atoms with van der Waals surface area (Å²) >= 11 is 0. The van der Waals surface area contributed by atoms with Gasteiger partial charge in [-0.1, -0.05) is 12.1 Å². The highest BCUT2D eigenvalue weighted by Crippen LogP contribution is 2.18. The fourth-order valence-electron chi connectivity index (χ4n) is 2.68. The van der Waals surface area contributed by atoms with Gasteiger partial charge in [0.15, 0.2) is 5.96 Å². The van der Waals surface area contributed by atoms with Crippen LogP contribution in [0.2, 0.25) is 0 Å². The van der Waals surface area contributed by atoms with Gasteiger partial charge in [0.1, 0.15) is 0 Å². The molecule has 1 aromatic rings. The van der Waals surface area contributed by atoms with Crippen LogP contribution < -0.4 is 15.4 Å². The Morgan fingerprint density at radius 2 is 1.96 bits per heavy atom. The second-order valence-corrected chi connectivity index (χ2v) is 8.24. The van der Waals surface area contributed by atoms with Gasteiger partial charge in [-0.05, 0) is 43.4 Å². The smallest absolute Gasteiger partial charge is 0.240 e. The van der Waals surface area contributed by atoms with E-state index < -0.39 is 10.0 Å². The Balaban J connectivity index is 0.00000243. The average molecular weight is 494 g/mol. The number of sulfonamides is 1. The van der Waals surface area contributed by atoms with E-state index >= 15 is 0 Å². The van der Waals surface area contributed by atoms with Crippen LogP contribution in [0.25, 0.3) is 0 Å². The molecule has 1 aliphatic heterocycles. The highest BCUT2D eigenvalue weighted by atomic mass is 127. The summed E-state index contributed by atoms with van der Waals surface area (Å²) < 4.78 is 32.7. The number of ether oxygens (including phenoxy) is 1. The van der Waals surface area contributed by atoms with E-state index in [2.05, 4.69) is 20.3 Å². The van der Waals surface area contributed by atoms with Crippen LogP contribution in [0.4, 0.5) is 0 Å². The highest BCUT2D eigenvalue weighted by molar-refractivity contribution is 14.0. The molecular formula is C17H27IN4O3S. The normalized spacial score (nSPS) is 20.5. The van der Waals surface area contributed by atoms with Crippen LogP contribution in [0.5, 0.6) is 0 Å². The summed E-state index contributed by atoms with van der Waals surface area (Å²) in [5, 5.41) is 6.55. The van der Waals surface area contributed by atoms with Gasteiger partial charge < -0.3 is 15.4 Å². The van der Waals surface area contributed by atoms with E-state index in [-0.39, 0.29) is 35.0 Å². The summed E-state index contributed by atoms with van der Waals surface area (Å²) in [6, 6.07) is 7.43. The topological polar surface area (TPSA) is 91.8 Å². The van der Waals surface area contributed by atoms with Crippen molar-refractivity contribution in [3.8, 4) is 0 Å². The predicted molar refractivity (Wildman–Crippen MR) is 112 cm³/mol. The van der Waals surface area contributed by atoms with Crippen LogP contribution in [0, 0.1) is 0 Å². The van der Waals surface area contributed by atoms with Gasteiger partial charge in [0.25, 0.3) is 0 Å². The number of nitrogens with zero attached hydrogens (tertiary/aromatic N) is 1. The molecule has 3 N–H and O–H groups in total. The van der Waals surface area contributed by atoms with Crippen molar-refractivity contribution in [1.82, 2.24) is 15.4 Å². The fourth-order valence-corrected chi connectivity index (χ4v) is 3.75. The van der Waals surface area contributed by atoms with E-state index in [9.17, 15) is 8.42 Å². The quantitative estimate of drug-likeness (QED) is 0.304. The molecular weight excluding hydrogens is 467 g/mol. The zero-order chi connectivity index (χ0) is 17.7. The molecule has 3 rings (SSSR count). The molecule has 0 amide bonds. The summed E-state index contributed by atoms with van der Waals surface area (Å²) in [6.07, 6.45) is 4.26. The molecule has 1 heterocycles. The molecule has 2 fully saturated rings. The number of benzene rings is 1. The molecule has 1 saturated carbocycles. The molecule has 0 aromatic heterocycles. The van der Waals surface area contributed by atoms with Crippen LogP contribution in [0.3, 0.4) is 0 Å². The van der Waals surface area contributed by atoms with Gasteiger partial charge in [0.2, 0.25) is 10.0 Å². The van der Waals surface area contributed by atoms with Gasteiger partial charge >= 0.3 is 0 Å². The zero-order valence-electron chi connectivity index (χ0n) is 14.9. The largest absolute Gasteiger partial charge is 0.377 e. The van der Waals surface area contributed by atoms with Crippen molar-refractivity contribution in [1.29, 1.82) is 0 Å². The van der Waals surface area contributed by atoms with Crippen molar-refractivity contribution in [2.45, 2.75) is 49.3 Å². The monoisotopic (exact) mass is 494 g/mol. The Morgan fingerprint density at radius 3 is 2.54 bits per heavy atom. The van der Waals surface area contributed by atoms with Crippen molar-refractivity contribution in [2.24, 2.45) is 4.99 Å². The molecule has 1 unspecified atom stereocenters. The first-order valence-corrected chi connectivity index (χ1v) is 10.2. The van der Waals surface area contributed by atoms with Crippen molar-refractivity contribution in [3.05, 3.63) is 29.8 Å². The third kappa shape index (κ3) is 6.36. The summed E-state index contributed by atoms with van der Waals surface area (Å²) in [4.78, 5) is 4.45. The lowest BCUT2D eigenvalue weighted by Gasteiger charge is -2.13. The van der Waals surface area contributed by atoms with E-state index in [0.717, 1.165) is 24.4 Å². The first-order valence-electron chi connectivity index (χ1n) is 8.74. The molecule has 1 aromatic carbocycles. The van der Waals surface area contributed by atoms with E-state index in [4.69, 9.17) is 4.74 Å². The minimum Gasteiger partial charge on any atom is -0.377 e. The molecule has 0 radical (unpaired) electrons. The summed E-state index contributed by atoms with van der Waals surface area (Å²) in [5.74, 6) is 0.775. The maximum absolute atomic E-state index is 12.3. The standard InChI is InChI=1S/C17H26N4O3S.HI/c1-18-17(21-14-6-7-14)19-11-13-4-8-16(9-5-13)25(22,23)20-12-15-3-2-10-24-15;/h4-5,8-9,14-15,20H,2-3,6-7,10-12H2,1H3,(H2,18,19,21);1H. The summed E-state index contributed by atoms with van der Waals surface area (Å²) in [6.45, 7) is 1.64. The minimum absolute atomic E-state index is 0. The third-order valence-corrected chi connectivity index (χ3v) is 5.80. The van der Waals surface area contributed by atoms with Crippen LogP contribution in [0.1, 0.15) is 31.2 Å². The number of aliphatic imine (C=N–C) groups is 1. The zero-order valence-corrected chi connectivity index (χ0v) is 18.0. The van der Waals surface area contributed by atoms with Gasteiger partial charge in [-0.25, -0.2) is 13.1 Å². The number of halogens is 1. The van der Waals surface area contributed by atoms with Crippen molar-refractivity contribution in [3.63, 3.8) is 0 Å². The first kappa shape index (κ1) is 21.4. The van der Waals surface area contributed by atoms with Crippen LogP contribution >= 0.6 is 24.0 Å². The number of rotatable bonds is 7. The van der Waals surface area contributed by atoms with Crippen molar-refractivity contribution < 1.29 is 13.2 Å². The lowest BCUT2D eigenvalue weighted by Crippen LogP contribution is -2.38. The van der Waals surface area contributed by atoms with E-state index in [1.165, 1.54) is 12.8 Å². The Bertz CT molecular complexity index is 699. The molecule has 146 valence electrons. The number of nitrogens with one attached hydrogen (secondary N) is 3. The Hall–Kier alpha value is -0.910. The molecule has 1 aliphatic carbocycles.